The lowest BCUT2D eigenvalue weighted by Gasteiger charge is -2.20. The van der Waals surface area contributed by atoms with Crippen molar-refractivity contribution in [3.63, 3.8) is 0 Å². The van der Waals surface area contributed by atoms with Gasteiger partial charge in [0.2, 0.25) is 0 Å². The highest BCUT2D eigenvalue weighted by Crippen LogP contribution is 2.45. The number of ether oxygens (including phenoxy) is 2. The second-order valence-corrected chi connectivity index (χ2v) is 26.6. The number of unbranched alkanes of at least 4 members (excludes halogenated alkanes) is 1. The smallest absolute Gasteiger partial charge is 0.311 e. The summed E-state index contributed by atoms with van der Waals surface area (Å²) in [5.74, 6) is -23.9. The second-order valence-electron chi connectivity index (χ2n) is 26.6. The molecule has 4 heterocycles. The molecule has 12 rings (SSSR count). The number of phenols is 4. The van der Waals surface area contributed by atoms with Crippen LogP contribution in [0.4, 0.5) is 52.7 Å². The van der Waals surface area contributed by atoms with E-state index in [2.05, 4.69) is 0 Å². The van der Waals surface area contributed by atoms with Gasteiger partial charge in [0.15, 0.2) is 104 Å². The molecule has 12 aromatic rings. The molecule has 2 unspecified atom stereocenters. The maximum Gasteiger partial charge on any atom is 0.311 e. The predicted molar refractivity (Wildman–Crippen MR) is 394 cm³/mol. The minimum absolute atomic E-state index is 0.00202. The molecular weight excluding hydrogens is 1540 g/mol. The number of carboxylic acids is 2. The number of fused-ring (bicyclic) bond motifs is 4. The number of aryl methyl sites for hydroxylation is 2. The zero-order valence-corrected chi connectivity index (χ0v) is 62.6. The van der Waals surface area contributed by atoms with Gasteiger partial charge >= 0.3 is 23.9 Å². The number of carbonyl (C=O) groups is 8. The molecule has 8 aromatic carbocycles. The van der Waals surface area contributed by atoms with Crippen LogP contribution in [0.2, 0.25) is 0 Å². The Morgan fingerprint density at radius 1 is 0.391 bits per heavy atom. The van der Waals surface area contributed by atoms with Crippen LogP contribution in [0.3, 0.4) is 0 Å². The number of halogens is 12. The monoisotopic (exact) mass is 1610 g/mol. The van der Waals surface area contributed by atoms with Crippen molar-refractivity contribution in [1.82, 2.24) is 18.3 Å². The number of aromatic nitrogens is 4. The summed E-state index contributed by atoms with van der Waals surface area (Å²) in [4.78, 5) is 98.6. The molecule has 0 saturated carbocycles. The number of hydrogen-bond acceptors (Lipinski definition) is 14. The molecule has 0 spiro atoms. The second kappa shape index (κ2) is 34.8. The highest BCUT2D eigenvalue weighted by Gasteiger charge is 2.35. The fourth-order valence-electron chi connectivity index (χ4n) is 13.4. The van der Waals surface area contributed by atoms with Gasteiger partial charge in [-0.1, -0.05) is 47.0 Å². The van der Waals surface area contributed by atoms with Crippen molar-refractivity contribution in [3.8, 4) is 34.5 Å². The Hall–Kier alpha value is -13.2. The molecule has 0 aliphatic heterocycles. The van der Waals surface area contributed by atoms with Crippen molar-refractivity contribution in [2.75, 3.05) is 0 Å². The molecule has 0 amide bonds. The zero-order valence-electron chi connectivity index (χ0n) is 62.6. The summed E-state index contributed by atoms with van der Waals surface area (Å²) < 4.78 is 179. The molecule has 2 atom stereocenters. The van der Waals surface area contributed by atoms with Crippen LogP contribution >= 0.6 is 0 Å². The highest BCUT2D eigenvalue weighted by atomic mass is 19.2. The maximum atomic E-state index is 14.5. The van der Waals surface area contributed by atoms with Gasteiger partial charge in [0.1, 0.15) is 0 Å². The topological polar surface area (TPSA) is 296 Å². The summed E-state index contributed by atoms with van der Waals surface area (Å²) in [5.41, 5.74) is 1.03. The number of rotatable bonds is 17. The number of nitrogens with zero attached hydrogens (tertiary/aromatic N) is 4. The van der Waals surface area contributed by atoms with Gasteiger partial charge in [0, 0.05) is 93.7 Å². The van der Waals surface area contributed by atoms with E-state index in [-0.39, 0.29) is 141 Å². The van der Waals surface area contributed by atoms with E-state index in [1.807, 2.05) is 20.8 Å². The first kappa shape index (κ1) is 85.8. The standard InChI is InChI=1S/2C22H20F3NO4.C21H18F3NO4.C18H12F3NO4/c1-4-10(2)19(22(29)30)20-11(3)26(17-9-16(25)18(27)8-13(17)20)21(28)12-5-6-14(23)15(24)7-12;1-4-5-6-14-19-18(10-17(25)20(14)28)26(11(2)21(19)30-12(3)27)22(29)13-7-8-15(23)16(24)9-13;1-4-5-13-18-17(9-16(24)19(13)27)25(10(2)20(18)29-11(3)26)21(28)12-6-7-14(22)15(23)8-12;1-8-10(6-17(24)25)11-5-16(23)14(21)7-15(11)22(8)18(26)9-2-3-12(19)13(20)4-9/h5-10,19,27H,4H2,1-3H3,(H,29,30);7-10,28H,4-6H2,1-3H3;6-9,27H,4-5H2,1-3H3;2-5,7,23H,6H2,1H3,(H,24,25). The van der Waals surface area contributed by atoms with Gasteiger partial charge < -0.3 is 40.1 Å². The van der Waals surface area contributed by atoms with Crippen molar-refractivity contribution >= 4 is 91.1 Å². The molecule has 0 bridgehead atoms. The van der Waals surface area contributed by atoms with Gasteiger partial charge in [0.05, 0.1) is 56.6 Å². The van der Waals surface area contributed by atoms with Crippen molar-refractivity contribution in [2.24, 2.45) is 5.92 Å². The lowest BCUT2D eigenvalue weighted by Crippen LogP contribution is -2.21. The molecule has 115 heavy (non-hydrogen) atoms. The van der Waals surface area contributed by atoms with Crippen LogP contribution in [0.5, 0.6) is 34.5 Å². The lowest BCUT2D eigenvalue weighted by atomic mass is 9.84. The Morgan fingerprint density at radius 2 is 0.730 bits per heavy atom. The molecule has 0 aliphatic carbocycles. The summed E-state index contributed by atoms with van der Waals surface area (Å²) >= 11 is 0. The van der Waals surface area contributed by atoms with Gasteiger partial charge in [-0.15, -0.1) is 0 Å². The summed E-state index contributed by atoms with van der Waals surface area (Å²) in [6, 6.07) is 16.3. The Balaban J connectivity index is 0.000000176. The third-order valence-corrected chi connectivity index (χ3v) is 19.0. The number of hydrogen-bond donors (Lipinski definition) is 6. The summed E-state index contributed by atoms with van der Waals surface area (Å²) in [5, 5.41) is 59.7. The number of benzene rings is 8. The number of aliphatic carboxylic acids is 2. The maximum absolute atomic E-state index is 14.5. The quantitative estimate of drug-likeness (QED) is 0.0365. The van der Waals surface area contributed by atoms with Crippen molar-refractivity contribution in [3.05, 3.63) is 246 Å². The molecule has 0 aliphatic rings. The van der Waals surface area contributed by atoms with E-state index < -0.39 is 153 Å². The fraction of sp³-hybridized carbons (Fsp3) is 0.229. The normalized spacial score (nSPS) is 11.7. The zero-order chi connectivity index (χ0) is 85.1. The van der Waals surface area contributed by atoms with Gasteiger partial charge in [0.25, 0.3) is 23.6 Å². The van der Waals surface area contributed by atoms with Crippen LogP contribution in [-0.4, -0.2) is 96.4 Å². The van der Waals surface area contributed by atoms with E-state index >= 15 is 0 Å². The highest BCUT2D eigenvalue weighted by molar-refractivity contribution is 6.10. The van der Waals surface area contributed by atoms with Gasteiger partial charge in [-0.3, -0.25) is 56.6 Å². The van der Waals surface area contributed by atoms with Gasteiger partial charge in [-0.25, -0.2) is 52.7 Å². The van der Waals surface area contributed by atoms with Crippen LogP contribution in [0.1, 0.15) is 160 Å². The molecule has 32 heteroatoms. The first-order chi connectivity index (χ1) is 54.1. The van der Waals surface area contributed by atoms with Crippen LogP contribution in [0, 0.1) is 103 Å². The first-order valence-electron chi connectivity index (χ1n) is 35.1. The number of esters is 2. The van der Waals surface area contributed by atoms with E-state index in [9.17, 15) is 117 Å². The SMILES string of the molecule is CCC(C)C(C(=O)O)c1c(C)n(C(=O)c2ccc(F)c(F)c2)c2cc(F)c(O)cc12.CCCCc1c(O)c(F)cc2c1c(OC(C)=O)c(C)n2C(=O)c1ccc(F)c(F)c1.CCCc1c(O)c(F)cc2c1c(OC(C)=O)c(C)n2C(=O)c1ccc(F)c(F)c1.Cc1c(CC(=O)O)c2cc(O)c(F)cc2n1C(=O)c1ccc(F)c(F)c1. The van der Waals surface area contributed by atoms with E-state index in [0.717, 1.165) is 128 Å². The largest absolute Gasteiger partial charge is 0.505 e. The third-order valence-electron chi connectivity index (χ3n) is 19.0. The molecule has 4 aromatic heterocycles. The fourth-order valence-corrected chi connectivity index (χ4v) is 13.4. The molecule has 6 N–H and O–H groups in total. The van der Waals surface area contributed by atoms with E-state index in [1.165, 1.54) is 41.5 Å². The molecule has 0 saturated heterocycles. The minimum Gasteiger partial charge on any atom is -0.505 e. The van der Waals surface area contributed by atoms with E-state index in [4.69, 9.17) is 14.6 Å². The van der Waals surface area contributed by atoms with E-state index in [1.54, 1.807) is 6.92 Å². The Bertz CT molecular complexity index is 6000. The van der Waals surface area contributed by atoms with Gasteiger partial charge in [-0.05, 0) is 149 Å². The average Bonchev–Trinajstić information content (AvgIpc) is 1.61. The van der Waals surface area contributed by atoms with Crippen LogP contribution in [0.25, 0.3) is 43.6 Å². The van der Waals surface area contributed by atoms with E-state index in [0.29, 0.717) is 25.3 Å². The Kier molecular flexibility index (Phi) is 26.0. The Labute approximate surface area is 644 Å². The minimum atomic E-state index is -1.22. The summed E-state index contributed by atoms with van der Waals surface area (Å²) in [6.45, 7) is 15.5. The molecule has 602 valence electrons. The molecule has 0 radical (unpaired) electrons. The first-order valence-corrected chi connectivity index (χ1v) is 35.1. The number of aromatic hydroxyl groups is 4. The van der Waals surface area contributed by atoms with Crippen LogP contribution < -0.4 is 9.47 Å². The number of carbonyl (C=O) groups excluding carboxylic acids is 6. The molecule has 20 nitrogen and oxygen atoms in total. The predicted octanol–water partition coefficient (Wildman–Crippen LogP) is 18.0. The molecular formula is C83H70F12N4O16. The lowest BCUT2D eigenvalue weighted by molar-refractivity contribution is -0.140. The third kappa shape index (κ3) is 17.1. The van der Waals surface area contributed by atoms with Crippen molar-refractivity contribution in [2.45, 2.75) is 120 Å². The number of carboxylic acid groups (broad SMARTS) is 2. The van der Waals surface area contributed by atoms with Crippen molar-refractivity contribution in [1.29, 1.82) is 0 Å². The summed E-state index contributed by atoms with van der Waals surface area (Å²) in [6.07, 6.45) is 2.53. The van der Waals surface area contributed by atoms with Crippen molar-refractivity contribution < 1.29 is 131 Å². The Morgan fingerprint density at radius 3 is 1.06 bits per heavy atom. The summed E-state index contributed by atoms with van der Waals surface area (Å²) in [7, 11) is 0. The van der Waals surface area contributed by atoms with Crippen LogP contribution in [0.15, 0.2) is 109 Å². The van der Waals surface area contributed by atoms with Gasteiger partial charge in [-0.2, -0.15) is 0 Å². The molecule has 0 fully saturated rings. The van der Waals surface area contributed by atoms with Crippen LogP contribution in [-0.2, 0) is 38.4 Å². The number of phenolic OH excluding ortho intramolecular Hbond substituents is 4. The average molecular weight is 1610 g/mol.